The number of rotatable bonds is 5. The summed E-state index contributed by atoms with van der Waals surface area (Å²) in [6.07, 6.45) is 3.92. The first kappa shape index (κ1) is 19.6. The number of amides is 1. The van der Waals surface area contributed by atoms with Crippen LogP contribution in [0.2, 0.25) is 0 Å². The van der Waals surface area contributed by atoms with Crippen molar-refractivity contribution in [2.75, 3.05) is 31.1 Å². The van der Waals surface area contributed by atoms with Crippen molar-refractivity contribution >= 4 is 27.3 Å². The van der Waals surface area contributed by atoms with Gasteiger partial charge < -0.3 is 10.6 Å². The Kier molecular flexibility index (Phi) is 5.66. The molecule has 0 saturated carbocycles. The summed E-state index contributed by atoms with van der Waals surface area (Å²) in [5.41, 5.74) is 5.44. The van der Waals surface area contributed by atoms with Crippen molar-refractivity contribution < 1.29 is 18.1 Å². The molecule has 2 aliphatic rings. The Morgan fingerprint density at radius 3 is 2.48 bits per heavy atom. The third-order valence-electron chi connectivity index (χ3n) is 5.26. The highest BCUT2D eigenvalue weighted by Gasteiger charge is 2.31. The molecule has 2 saturated heterocycles. The van der Waals surface area contributed by atoms with Crippen LogP contribution in [0.5, 0.6) is 0 Å². The summed E-state index contributed by atoms with van der Waals surface area (Å²) in [6, 6.07) is 4.02. The van der Waals surface area contributed by atoms with Gasteiger partial charge >= 0.3 is 0 Å². The Balaban J connectivity index is 1.93. The first-order valence-corrected chi connectivity index (χ1v) is 10.6. The van der Waals surface area contributed by atoms with Gasteiger partial charge in [0, 0.05) is 32.2 Å². The van der Waals surface area contributed by atoms with Gasteiger partial charge in [-0.2, -0.15) is 4.31 Å². The van der Waals surface area contributed by atoms with E-state index in [1.807, 2.05) is 0 Å². The monoisotopic (exact) mass is 396 g/mol. The van der Waals surface area contributed by atoms with Crippen molar-refractivity contribution in [2.24, 2.45) is 11.7 Å². The molecule has 0 bridgehead atoms. The van der Waals surface area contributed by atoms with E-state index in [0.29, 0.717) is 44.7 Å². The predicted molar refractivity (Wildman–Crippen MR) is 99.8 cm³/mol. The number of nitro benzene ring substituents is 1. The lowest BCUT2D eigenvalue weighted by Crippen LogP contribution is -2.41. The summed E-state index contributed by atoms with van der Waals surface area (Å²) in [4.78, 5) is 24.2. The first-order chi connectivity index (χ1) is 12.8. The number of benzene rings is 1. The summed E-state index contributed by atoms with van der Waals surface area (Å²) in [5, 5.41) is 11.6. The zero-order valence-electron chi connectivity index (χ0n) is 15.0. The number of primary amides is 1. The Hall–Kier alpha value is -2.20. The van der Waals surface area contributed by atoms with Gasteiger partial charge in [-0.3, -0.25) is 14.9 Å². The Labute approximate surface area is 158 Å². The lowest BCUT2D eigenvalue weighted by Gasteiger charge is -2.32. The second kappa shape index (κ2) is 7.81. The van der Waals surface area contributed by atoms with Crippen molar-refractivity contribution in [3.8, 4) is 0 Å². The van der Waals surface area contributed by atoms with E-state index < -0.39 is 20.9 Å². The molecule has 0 unspecified atom stereocenters. The largest absolute Gasteiger partial charge is 0.369 e. The molecule has 2 N–H and O–H groups in total. The molecule has 1 aromatic carbocycles. The Bertz CT molecular complexity index is 836. The van der Waals surface area contributed by atoms with Crippen molar-refractivity contribution in [3.05, 3.63) is 28.3 Å². The Morgan fingerprint density at radius 2 is 1.85 bits per heavy atom. The molecule has 2 aliphatic heterocycles. The van der Waals surface area contributed by atoms with Gasteiger partial charge in [0.15, 0.2) is 0 Å². The topological polar surface area (TPSA) is 127 Å². The van der Waals surface area contributed by atoms with E-state index >= 15 is 0 Å². The number of nitro groups is 1. The SMILES string of the molecule is NC(=O)[C@@H]1CCCN(c2ccc(S(=O)(=O)N3CCCCC3)cc2[N+](=O)[O-])C1. The predicted octanol–water partition coefficient (Wildman–Crippen LogP) is 1.47. The molecule has 2 heterocycles. The van der Waals surface area contributed by atoms with Crippen LogP contribution in [-0.4, -0.2) is 49.7 Å². The highest BCUT2D eigenvalue weighted by atomic mass is 32.2. The van der Waals surface area contributed by atoms with Crippen LogP contribution in [0.15, 0.2) is 23.1 Å². The van der Waals surface area contributed by atoms with Crippen molar-refractivity contribution in [2.45, 2.75) is 37.0 Å². The molecule has 1 aromatic rings. The number of sulfonamides is 1. The fourth-order valence-electron chi connectivity index (χ4n) is 3.76. The number of nitrogens with zero attached hydrogens (tertiary/aromatic N) is 3. The highest BCUT2D eigenvalue weighted by Crippen LogP contribution is 2.34. The zero-order chi connectivity index (χ0) is 19.6. The molecule has 0 aromatic heterocycles. The zero-order valence-corrected chi connectivity index (χ0v) is 15.9. The van der Waals surface area contributed by atoms with Crippen LogP contribution in [0.1, 0.15) is 32.1 Å². The summed E-state index contributed by atoms with van der Waals surface area (Å²) >= 11 is 0. The van der Waals surface area contributed by atoms with Gasteiger partial charge in [-0.25, -0.2) is 8.42 Å². The molecule has 9 nitrogen and oxygen atoms in total. The molecule has 3 rings (SSSR count). The molecule has 0 radical (unpaired) electrons. The third kappa shape index (κ3) is 4.06. The number of hydrogen-bond donors (Lipinski definition) is 1. The molecule has 148 valence electrons. The summed E-state index contributed by atoms with van der Waals surface area (Å²) in [7, 11) is -3.75. The van der Waals surface area contributed by atoms with Gasteiger partial charge in [0.05, 0.1) is 15.7 Å². The summed E-state index contributed by atoms with van der Waals surface area (Å²) in [6.45, 7) is 1.73. The van der Waals surface area contributed by atoms with Crippen molar-refractivity contribution in [3.63, 3.8) is 0 Å². The normalized spacial score (nSPS) is 21.8. The molecule has 10 heteroatoms. The molecule has 1 atom stereocenters. The number of piperidine rings is 2. The molecule has 27 heavy (non-hydrogen) atoms. The molecule has 2 fully saturated rings. The smallest absolute Gasteiger partial charge is 0.293 e. The molecule has 1 amide bonds. The lowest BCUT2D eigenvalue weighted by molar-refractivity contribution is -0.384. The van der Waals surface area contributed by atoms with Gasteiger partial charge in [-0.1, -0.05) is 6.42 Å². The average molecular weight is 396 g/mol. The maximum atomic E-state index is 12.8. The highest BCUT2D eigenvalue weighted by molar-refractivity contribution is 7.89. The van der Waals surface area contributed by atoms with Gasteiger partial charge in [0.25, 0.3) is 5.69 Å². The maximum absolute atomic E-state index is 12.8. The van der Waals surface area contributed by atoms with E-state index in [1.165, 1.54) is 16.4 Å². The first-order valence-electron chi connectivity index (χ1n) is 9.13. The maximum Gasteiger partial charge on any atom is 0.293 e. The molecule has 0 aliphatic carbocycles. The quantitative estimate of drug-likeness (QED) is 0.593. The van der Waals surface area contributed by atoms with Crippen LogP contribution in [0.25, 0.3) is 0 Å². The van der Waals surface area contributed by atoms with Gasteiger partial charge in [-0.05, 0) is 37.8 Å². The van der Waals surface area contributed by atoms with Crippen LogP contribution in [-0.2, 0) is 14.8 Å². The standard InChI is InChI=1S/C17H24N4O5S/c18-17(22)13-5-4-8-19(12-13)15-7-6-14(11-16(15)21(23)24)27(25,26)20-9-2-1-3-10-20/h6-7,11,13H,1-5,8-10,12H2,(H2,18,22)/t13-/m1/s1. The summed E-state index contributed by atoms with van der Waals surface area (Å²) in [5.74, 6) is -0.790. The minimum absolute atomic E-state index is 0.0664. The van der Waals surface area contributed by atoms with E-state index in [2.05, 4.69) is 0 Å². The van der Waals surface area contributed by atoms with E-state index in [4.69, 9.17) is 5.73 Å². The van der Waals surface area contributed by atoms with Crippen LogP contribution in [0, 0.1) is 16.0 Å². The van der Waals surface area contributed by atoms with Crippen molar-refractivity contribution in [1.29, 1.82) is 0 Å². The van der Waals surface area contributed by atoms with Crippen molar-refractivity contribution in [1.82, 2.24) is 4.31 Å². The van der Waals surface area contributed by atoms with Gasteiger partial charge in [-0.15, -0.1) is 0 Å². The molecular weight excluding hydrogens is 372 g/mol. The molecule has 0 spiro atoms. The van der Waals surface area contributed by atoms with Crippen LogP contribution >= 0.6 is 0 Å². The number of anilines is 1. The average Bonchev–Trinajstić information content (AvgIpc) is 2.68. The fourth-order valence-corrected chi connectivity index (χ4v) is 5.30. The number of carbonyl (C=O) groups is 1. The number of hydrogen-bond acceptors (Lipinski definition) is 6. The fraction of sp³-hybridized carbons (Fsp3) is 0.588. The van der Waals surface area contributed by atoms with Gasteiger partial charge in [0.2, 0.25) is 15.9 Å². The van der Waals surface area contributed by atoms with Crippen LogP contribution in [0.4, 0.5) is 11.4 Å². The second-order valence-corrected chi connectivity index (χ2v) is 9.00. The van der Waals surface area contributed by atoms with E-state index in [0.717, 1.165) is 25.3 Å². The number of carbonyl (C=O) groups excluding carboxylic acids is 1. The second-order valence-electron chi connectivity index (χ2n) is 7.06. The van der Waals surface area contributed by atoms with Crippen LogP contribution in [0.3, 0.4) is 0 Å². The minimum Gasteiger partial charge on any atom is -0.369 e. The van der Waals surface area contributed by atoms with E-state index in [-0.39, 0.29) is 16.5 Å². The minimum atomic E-state index is -3.75. The number of nitrogens with two attached hydrogens (primary N) is 1. The lowest BCUT2D eigenvalue weighted by atomic mass is 9.97. The van der Waals surface area contributed by atoms with E-state index in [1.54, 1.807) is 4.90 Å². The Morgan fingerprint density at radius 1 is 1.15 bits per heavy atom. The van der Waals surface area contributed by atoms with Crippen LogP contribution < -0.4 is 10.6 Å². The summed E-state index contributed by atoms with van der Waals surface area (Å²) < 4.78 is 27.0. The third-order valence-corrected chi connectivity index (χ3v) is 7.16. The molecular formula is C17H24N4O5S. The van der Waals surface area contributed by atoms with E-state index in [9.17, 15) is 23.3 Å². The van der Waals surface area contributed by atoms with Gasteiger partial charge in [0.1, 0.15) is 5.69 Å².